The van der Waals surface area contributed by atoms with E-state index in [4.69, 9.17) is 0 Å². The van der Waals surface area contributed by atoms with Crippen LogP contribution in [0, 0.1) is 0 Å². The highest BCUT2D eigenvalue weighted by atomic mass is 16.2. The molecule has 2 atom stereocenters. The summed E-state index contributed by atoms with van der Waals surface area (Å²) in [6.45, 7) is 7.79. The zero-order valence-electron chi connectivity index (χ0n) is 17.6. The third-order valence-corrected chi connectivity index (χ3v) is 6.28. The number of hydrogen-bond donors (Lipinski definition) is 0. The lowest BCUT2D eigenvalue weighted by Crippen LogP contribution is -2.48. The summed E-state index contributed by atoms with van der Waals surface area (Å²) in [4.78, 5) is 18.7. The molecule has 0 spiro atoms. The Balaban J connectivity index is 1.37. The number of aromatic nitrogens is 4. The molecule has 156 valence electrons. The molecule has 3 heterocycles. The van der Waals surface area contributed by atoms with E-state index in [1.165, 1.54) is 49.1 Å². The monoisotopic (exact) mass is 396 g/mol. The van der Waals surface area contributed by atoms with Gasteiger partial charge in [-0.15, -0.1) is 10.2 Å². The van der Waals surface area contributed by atoms with E-state index in [1.54, 1.807) is 0 Å². The topological polar surface area (TPSA) is 67.2 Å². The molecule has 7 nitrogen and oxygen atoms in total. The lowest BCUT2D eigenvalue weighted by Gasteiger charge is -2.38. The van der Waals surface area contributed by atoms with Crippen LogP contribution in [0.3, 0.4) is 0 Å². The molecular weight excluding hydrogens is 364 g/mol. The molecule has 4 rings (SSSR count). The molecule has 7 heteroatoms. The van der Waals surface area contributed by atoms with E-state index in [0.717, 1.165) is 24.9 Å². The second-order valence-corrected chi connectivity index (χ2v) is 8.61. The molecule has 2 saturated heterocycles. The van der Waals surface area contributed by atoms with Crippen molar-refractivity contribution >= 4 is 5.91 Å². The molecule has 0 bridgehead atoms. The van der Waals surface area contributed by atoms with Gasteiger partial charge in [-0.25, -0.2) is 0 Å². The maximum Gasteiger partial charge on any atom is 0.246 e. The Kier molecular flexibility index (Phi) is 6.23. The molecule has 0 unspecified atom stereocenters. The Labute approximate surface area is 173 Å². The van der Waals surface area contributed by atoms with E-state index < -0.39 is 0 Å². The number of likely N-dealkylation sites (tertiary alicyclic amines) is 2. The molecule has 2 aliphatic rings. The number of hydrogen-bond acceptors (Lipinski definition) is 5. The van der Waals surface area contributed by atoms with Gasteiger partial charge < -0.3 is 4.90 Å². The minimum Gasteiger partial charge on any atom is -0.336 e. The standard InChI is InChI=1S/C22H32N6O/c1-17-7-6-8-18(2)28(17)21(29)16-27-24-22(23-25-27)20-11-9-19(10-12-20)15-26-13-4-3-5-14-26/h9-12,17-18H,3-8,13-16H2,1-2H3/t17-,18-/m1/s1. The van der Waals surface area contributed by atoms with Gasteiger partial charge in [0.05, 0.1) is 0 Å². The van der Waals surface area contributed by atoms with Gasteiger partial charge in [0.25, 0.3) is 0 Å². The van der Waals surface area contributed by atoms with Crippen molar-refractivity contribution < 1.29 is 4.79 Å². The van der Waals surface area contributed by atoms with Gasteiger partial charge in [-0.1, -0.05) is 30.7 Å². The summed E-state index contributed by atoms with van der Waals surface area (Å²) in [7, 11) is 0. The van der Waals surface area contributed by atoms with Crippen LogP contribution in [0.4, 0.5) is 0 Å². The van der Waals surface area contributed by atoms with E-state index in [2.05, 4.69) is 58.4 Å². The summed E-state index contributed by atoms with van der Waals surface area (Å²) in [6, 6.07) is 8.96. The first-order valence-electron chi connectivity index (χ1n) is 11.0. The fourth-order valence-corrected chi connectivity index (χ4v) is 4.68. The van der Waals surface area contributed by atoms with Gasteiger partial charge in [0.1, 0.15) is 6.54 Å². The fourth-order valence-electron chi connectivity index (χ4n) is 4.68. The summed E-state index contributed by atoms with van der Waals surface area (Å²) in [5.74, 6) is 0.646. The minimum atomic E-state index is 0.0746. The number of rotatable bonds is 5. The van der Waals surface area contributed by atoms with Crippen LogP contribution in [0.2, 0.25) is 0 Å². The van der Waals surface area contributed by atoms with Crippen LogP contribution in [-0.4, -0.2) is 61.1 Å². The van der Waals surface area contributed by atoms with Crippen LogP contribution < -0.4 is 0 Å². The number of amides is 1. The van der Waals surface area contributed by atoms with Gasteiger partial charge in [0.2, 0.25) is 11.7 Å². The van der Waals surface area contributed by atoms with E-state index in [9.17, 15) is 4.79 Å². The first kappa shape index (κ1) is 20.0. The van der Waals surface area contributed by atoms with Crippen molar-refractivity contribution in [1.29, 1.82) is 0 Å². The second kappa shape index (κ2) is 9.03. The van der Waals surface area contributed by atoms with Gasteiger partial charge >= 0.3 is 0 Å². The van der Waals surface area contributed by atoms with Gasteiger partial charge in [-0.3, -0.25) is 9.69 Å². The van der Waals surface area contributed by atoms with E-state index in [-0.39, 0.29) is 24.5 Å². The average Bonchev–Trinajstić information content (AvgIpc) is 3.17. The Morgan fingerprint density at radius 3 is 2.38 bits per heavy atom. The third kappa shape index (κ3) is 4.83. The molecule has 0 aliphatic carbocycles. The highest BCUT2D eigenvalue weighted by molar-refractivity contribution is 5.76. The summed E-state index contributed by atoms with van der Waals surface area (Å²) in [5.41, 5.74) is 2.25. The maximum absolute atomic E-state index is 12.8. The molecular formula is C22H32N6O. The van der Waals surface area contributed by atoms with Gasteiger partial charge in [0, 0.05) is 24.2 Å². The molecule has 1 aromatic heterocycles. The van der Waals surface area contributed by atoms with Crippen molar-refractivity contribution in [3.05, 3.63) is 29.8 Å². The average molecular weight is 397 g/mol. The second-order valence-electron chi connectivity index (χ2n) is 8.61. The molecule has 29 heavy (non-hydrogen) atoms. The van der Waals surface area contributed by atoms with E-state index in [0.29, 0.717) is 5.82 Å². The highest BCUT2D eigenvalue weighted by Gasteiger charge is 2.29. The van der Waals surface area contributed by atoms with Crippen molar-refractivity contribution in [3.63, 3.8) is 0 Å². The highest BCUT2D eigenvalue weighted by Crippen LogP contribution is 2.23. The Morgan fingerprint density at radius 1 is 1.00 bits per heavy atom. The normalized spacial score (nSPS) is 23.3. The molecule has 2 aromatic rings. The van der Waals surface area contributed by atoms with E-state index in [1.807, 2.05) is 4.90 Å². The maximum atomic E-state index is 12.8. The molecule has 1 amide bonds. The lowest BCUT2D eigenvalue weighted by molar-refractivity contribution is -0.138. The first-order chi connectivity index (χ1) is 14.1. The smallest absolute Gasteiger partial charge is 0.246 e. The SMILES string of the molecule is C[C@@H]1CCC[C@@H](C)N1C(=O)Cn1nnc(-c2ccc(CN3CCCCC3)cc2)n1. The Morgan fingerprint density at radius 2 is 1.69 bits per heavy atom. The number of tetrazole rings is 1. The van der Waals surface area contributed by atoms with Gasteiger partial charge in [-0.05, 0) is 69.8 Å². The van der Waals surface area contributed by atoms with Crippen molar-refractivity contribution in [1.82, 2.24) is 30.0 Å². The molecule has 1 aromatic carbocycles. The zero-order chi connectivity index (χ0) is 20.2. The number of nitrogens with zero attached hydrogens (tertiary/aromatic N) is 6. The van der Waals surface area contributed by atoms with Crippen LogP contribution >= 0.6 is 0 Å². The summed E-state index contributed by atoms with van der Waals surface area (Å²) in [5, 5.41) is 12.7. The van der Waals surface area contributed by atoms with Crippen LogP contribution in [0.1, 0.15) is 57.9 Å². The number of piperidine rings is 2. The van der Waals surface area contributed by atoms with E-state index >= 15 is 0 Å². The van der Waals surface area contributed by atoms with Crippen LogP contribution in [-0.2, 0) is 17.9 Å². The van der Waals surface area contributed by atoms with Crippen LogP contribution in [0.15, 0.2) is 24.3 Å². The third-order valence-electron chi connectivity index (χ3n) is 6.28. The summed E-state index contributed by atoms with van der Waals surface area (Å²) < 4.78 is 0. The fraction of sp³-hybridized carbons (Fsp3) is 0.636. The van der Waals surface area contributed by atoms with Crippen molar-refractivity contribution in [2.45, 2.75) is 77.5 Å². The molecule has 2 aliphatic heterocycles. The van der Waals surface area contributed by atoms with Crippen LogP contribution in [0.25, 0.3) is 11.4 Å². The number of benzene rings is 1. The summed E-state index contributed by atoms with van der Waals surface area (Å²) in [6.07, 6.45) is 7.28. The predicted octanol–water partition coefficient (Wildman–Crippen LogP) is 3.12. The first-order valence-corrected chi connectivity index (χ1v) is 11.0. The predicted molar refractivity (Wildman–Crippen MR) is 112 cm³/mol. The van der Waals surface area contributed by atoms with Crippen molar-refractivity contribution in [3.8, 4) is 11.4 Å². The Bertz CT molecular complexity index is 801. The molecule has 0 radical (unpaired) electrons. The largest absolute Gasteiger partial charge is 0.336 e. The molecule has 0 saturated carbocycles. The summed E-state index contributed by atoms with van der Waals surface area (Å²) >= 11 is 0. The van der Waals surface area contributed by atoms with Crippen molar-refractivity contribution in [2.75, 3.05) is 13.1 Å². The van der Waals surface area contributed by atoms with Gasteiger partial charge in [-0.2, -0.15) is 4.80 Å². The Hall–Kier alpha value is -2.28. The zero-order valence-corrected chi connectivity index (χ0v) is 17.6. The number of carbonyl (C=O) groups excluding carboxylic acids is 1. The van der Waals surface area contributed by atoms with Crippen LogP contribution in [0.5, 0.6) is 0 Å². The number of carbonyl (C=O) groups is 1. The lowest BCUT2D eigenvalue weighted by atomic mass is 9.97. The minimum absolute atomic E-state index is 0.0746. The quantitative estimate of drug-likeness (QED) is 0.777. The molecule has 2 fully saturated rings. The van der Waals surface area contributed by atoms with Gasteiger partial charge in [0.15, 0.2) is 0 Å². The van der Waals surface area contributed by atoms with Crippen molar-refractivity contribution in [2.24, 2.45) is 0 Å². The molecule has 0 N–H and O–H groups in total.